The molecule has 1 atom stereocenters. The van der Waals surface area contributed by atoms with Gasteiger partial charge in [-0.15, -0.1) is 11.3 Å². The molecular formula is C28H21FN2OS. The summed E-state index contributed by atoms with van der Waals surface area (Å²) >= 11 is 1.55. The van der Waals surface area contributed by atoms with Crippen molar-refractivity contribution in [2.45, 2.75) is 12.5 Å². The molecule has 33 heavy (non-hydrogen) atoms. The van der Waals surface area contributed by atoms with Crippen LogP contribution in [0, 0.1) is 5.82 Å². The summed E-state index contributed by atoms with van der Waals surface area (Å²) in [4.78, 5) is 19.2. The van der Waals surface area contributed by atoms with Crippen molar-refractivity contribution in [1.29, 1.82) is 0 Å². The topological polar surface area (TPSA) is 42.0 Å². The summed E-state index contributed by atoms with van der Waals surface area (Å²) < 4.78 is 14.1. The average Bonchev–Trinajstić information content (AvgIpc) is 3.39. The largest absolute Gasteiger partial charge is 0.345 e. The molecule has 0 bridgehead atoms. The fraction of sp³-hybridized carbons (Fsp3) is 0.0714. The Bertz CT molecular complexity index is 1390. The van der Waals surface area contributed by atoms with Crippen molar-refractivity contribution < 1.29 is 9.18 Å². The third-order valence-electron chi connectivity index (χ3n) is 5.58. The van der Waals surface area contributed by atoms with Crippen LogP contribution in [0.2, 0.25) is 0 Å². The normalized spacial score (nSPS) is 11.9. The molecule has 2 heterocycles. The number of aromatic nitrogens is 1. The van der Waals surface area contributed by atoms with Gasteiger partial charge in [0.2, 0.25) is 0 Å². The minimum Gasteiger partial charge on any atom is -0.345 e. The van der Waals surface area contributed by atoms with Crippen molar-refractivity contribution in [3.63, 3.8) is 0 Å². The third kappa shape index (κ3) is 4.69. The minimum atomic E-state index is -0.397. The number of nitrogens with one attached hydrogen (secondary N) is 1. The van der Waals surface area contributed by atoms with Crippen molar-refractivity contribution >= 4 is 28.1 Å². The Morgan fingerprint density at radius 2 is 1.67 bits per heavy atom. The maximum Gasteiger partial charge on any atom is 0.252 e. The maximum absolute atomic E-state index is 14.1. The van der Waals surface area contributed by atoms with E-state index in [1.165, 1.54) is 12.1 Å². The fourth-order valence-corrected chi connectivity index (χ4v) is 4.65. The summed E-state index contributed by atoms with van der Waals surface area (Å²) in [7, 11) is 0. The predicted octanol–water partition coefficient (Wildman–Crippen LogP) is 6.82. The molecule has 0 saturated carbocycles. The van der Waals surface area contributed by atoms with Gasteiger partial charge in [0.1, 0.15) is 5.82 Å². The van der Waals surface area contributed by atoms with Crippen molar-refractivity contribution in [3.05, 3.63) is 125 Å². The molecule has 3 nitrogen and oxygen atoms in total. The van der Waals surface area contributed by atoms with Crippen LogP contribution in [-0.4, -0.2) is 10.9 Å². The number of hydrogen-bond acceptors (Lipinski definition) is 3. The number of amides is 1. The van der Waals surface area contributed by atoms with Crippen LogP contribution in [0.25, 0.3) is 21.5 Å². The second-order valence-electron chi connectivity index (χ2n) is 7.82. The second-order valence-corrected chi connectivity index (χ2v) is 8.77. The first-order chi connectivity index (χ1) is 16.2. The Hall–Kier alpha value is -3.83. The highest BCUT2D eigenvalue weighted by Crippen LogP contribution is 2.29. The van der Waals surface area contributed by atoms with Crippen molar-refractivity contribution in [2.75, 3.05) is 0 Å². The SMILES string of the molecule is O=C(N[C@@H](Cc1ccccc1)c1ccccc1)c1cc(-c2cccs2)nc2ccc(F)cc12. The quantitative estimate of drug-likeness (QED) is 0.307. The smallest absolute Gasteiger partial charge is 0.252 e. The molecule has 0 aliphatic carbocycles. The maximum atomic E-state index is 14.1. The van der Waals surface area contributed by atoms with Crippen LogP contribution >= 0.6 is 11.3 Å². The van der Waals surface area contributed by atoms with Gasteiger partial charge in [-0.1, -0.05) is 66.7 Å². The molecule has 1 N–H and O–H groups in total. The average molecular weight is 453 g/mol. The number of fused-ring (bicyclic) bond motifs is 1. The highest BCUT2D eigenvalue weighted by molar-refractivity contribution is 7.13. The van der Waals surface area contributed by atoms with Crippen LogP contribution in [0.5, 0.6) is 0 Å². The van der Waals surface area contributed by atoms with Gasteiger partial charge in [-0.2, -0.15) is 0 Å². The van der Waals surface area contributed by atoms with Crippen LogP contribution in [0.15, 0.2) is 102 Å². The molecule has 0 unspecified atom stereocenters. The van der Waals surface area contributed by atoms with Gasteiger partial charge in [0.15, 0.2) is 0 Å². The van der Waals surface area contributed by atoms with E-state index in [-0.39, 0.29) is 11.9 Å². The molecule has 162 valence electrons. The molecule has 5 heteroatoms. The molecule has 1 amide bonds. The number of pyridine rings is 1. The number of benzene rings is 3. The monoisotopic (exact) mass is 452 g/mol. The van der Waals surface area contributed by atoms with Crippen LogP contribution in [0.4, 0.5) is 4.39 Å². The predicted molar refractivity (Wildman–Crippen MR) is 132 cm³/mol. The van der Waals surface area contributed by atoms with Crippen LogP contribution in [-0.2, 0) is 6.42 Å². The van der Waals surface area contributed by atoms with Crippen molar-refractivity contribution in [2.24, 2.45) is 0 Å². The van der Waals surface area contributed by atoms with E-state index >= 15 is 0 Å². The number of carbonyl (C=O) groups excluding carboxylic acids is 1. The van der Waals surface area contributed by atoms with E-state index in [9.17, 15) is 9.18 Å². The van der Waals surface area contributed by atoms with Crippen molar-refractivity contribution in [1.82, 2.24) is 10.3 Å². The highest BCUT2D eigenvalue weighted by atomic mass is 32.1. The lowest BCUT2D eigenvalue weighted by molar-refractivity contribution is 0.0938. The van der Waals surface area contributed by atoms with E-state index in [1.807, 2.05) is 78.2 Å². The Labute approximate surface area is 195 Å². The molecule has 0 fully saturated rings. The lowest BCUT2D eigenvalue weighted by Gasteiger charge is -2.20. The summed E-state index contributed by atoms with van der Waals surface area (Å²) in [5, 5.41) is 5.66. The van der Waals surface area contributed by atoms with Gasteiger partial charge >= 0.3 is 0 Å². The Balaban J connectivity index is 1.55. The number of rotatable bonds is 6. The molecular weight excluding hydrogens is 431 g/mol. The van der Waals surface area contributed by atoms with Crippen LogP contribution in [0.1, 0.15) is 27.5 Å². The number of hydrogen-bond donors (Lipinski definition) is 1. The molecule has 3 aromatic carbocycles. The number of nitrogens with zero attached hydrogens (tertiary/aromatic N) is 1. The van der Waals surface area contributed by atoms with Crippen LogP contribution in [0.3, 0.4) is 0 Å². The minimum absolute atomic E-state index is 0.233. The number of carbonyl (C=O) groups is 1. The molecule has 0 aliphatic heterocycles. The lowest BCUT2D eigenvalue weighted by atomic mass is 9.98. The standard InChI is InChI=1S/C28H21FN2OS/c29-21-13-14-24-22(17-21)23(18-26(30-24)27-12-7-15-33-27)28(32)31-25(20-10-5-2-6-11-20)16-19-8-3-1-4-9-19/h1-15,17-18,25H,16H2,(H,31,32)/t25-/m0/s1. The van der Waals surface area contributed by atoms with Gasteiger partial charge in [0, 0.05) is 5.39 Å². The van der Waals surface area contributed by atoms with E-state index in [1.54, 1.807) is 23.5 Å². The molecule has 2 aromatic heterocycles. The van der Waals surface area contributed by atoms with Gasteiger partial charge < -0.3 is 5.32 Å². The molecule has 0 saturated heterocycles. The van der Waals surface area contributed by atoms with E-state index in [0.717, 1.165) is 16.0 Å². The Morgan fingerprint density at radius 1 is 0.909 bits per heavy atom. The first kappa shape index (κ1) is 21.0. The van der Waals surface area contributed by atoms with Gasteiger partial charge in [0.05, 0.1) is 27.7 Å². The van der Waals surface area contributed by atoms with Crippen molar-refractivity contribution in [3.8, 4) is 10.6 Å². The first-order valence-electron chi connectivity index (χ1n) is 10.7. The molecule has 5 aromatic rings. The highest BCUT2D eigenvalue weighted by Gasteiger charge is 2.20. The Kier molecular flexibility index (Phi) is 5.96. The molecule has 0 spiro atoms. The van der Waals surface area contributed by atoms with Gasteiger partial charge in [-0.3, -0.25) is 4.79 Å². The van der Waals surface area contributed by atoms with Gasteiger partial charge in [0.25, 0.3) is 5.91 Å². The zero-order valence-electron chi connectivity index (χ0n) is 17.7. The van der Waals surface area contributed by atoms with E-state index in [2.05, 4.69) is 10.3 Å². The van der Waals surface area contributed by atoms with E-state index in [4.69, 9.17) is 0 Å². The zero-order valence-corrected chi connectivity index (χ0v) is 18.6. The zero-order chi connectivity index (χ0) is 22.6. The summed E-state index contributed by atoms with van der Waals surface area (Å²) in [5.74, 6) is -0.651. The number of halogens is 1. The second kappa shape index (κ2) is 9.35. The Morgan fingerprint density at radius 3 is 2.39 bits per heavy atom. The summed E-state index contributed by atoms with van der Waals surface area (Å²) in [6.45, 7) is 0. The molecule has 0 aliphatic rings. The first-order valence-corrected chi connectivity index (χ1v) is 11.6. The molecule has 0 radical (unpaired) electrons. The third-order valence-corrected chi connectivity index (χ3v) is 6.47. The van der Waals surface area contributed by atoms with Crippen LogP contribution < -0.4 is 5.32 Å². The van der Waals surface area contributed by atoms with E-state index in [0.29, 0.717) is 28.6 Å². The van der Waals surface area contributed by atoms with Gasteiger partial charge in [-0.25, -0.2) is 9.37 Å². The molecule has 5 rings (SSSR count). The van der Waals surface area contributed by atoms with E-state index < -0.39 is 5.82 Å². The summed E-state index contributed by atoms with van der Waals surface area (Å²) in [6, 6.07) is 29.8. The van der Waals surface area contributed by atoms with Gasteiger partial charge in [-0.05, 0) is 53.3 Å². The lowest BCUT2D eigenvalue weighted by Crippen LogP contribution is -2.30. The summed E-state index contributed by atoms with van der Waals surface area (Å²) in [5.41, 5.74) is 3.84. The number of thiophene rings is 1. The summed E-state index contributed by atoms with van der Waals surface area (Å²) in [6.07, 6.45) is 0.645. The fourth-order valence-electron chi connectivity index (χ4n) is 3.96.